The number of amides is 2. The first-order chi connectivity index (χ1) is 11.2. The number of ether oxygens (including phenoxy) is 2. The van der Waals surface area contributed by atoms with Gasteiger partial charge < -0.3 is 9.47 Å². The third-order valence-electron chi connectivity index (χ3n) is 2.77. The summed E-state index contributed by atoms with van der Waals surface area (Å²) in [6.45, 7) is 0.258. The quantitative estimate of drug-likeness (QED) is 0.679. The van der Waals surface area contributed by atoms with Crippen LogP contribution in [0.4, 0.5) is 9.59 Å². The first kappa shape index (κ1) is 16.2. The molecule has 0 unspecified atom stereocenters. The van der Waals surface area contributed by atoms with Crippen LogP contribution in [-0.4, -0.2) is 18.5 Å². The zero-order valence-electron chi connectivity index (χ0n) is 12.3. The highest BCUT2D eigenvalue weighted by molar-refractivity contribution is 5.87. The highest BCUT2D eigenvalue weighted by atomic mass is 16.6. The van der Waals surface area contributed by atoms with Crippen LogP contribution in [0.25, 0.3) is 0 Å². The molecule has 0 fully saturated rings. The van der Waals surface area contributed by atoms with Gasteiger partial charge in [-0.3, -0.25) is 5.32 Å². The molecule has 0 radical (unpaired) electrons. The summed E-state index contributed by atoms with van der Waals surface area (Å²) >= 11 is 0. The summed E-state index contributed by atoms with van der Waals surface area (Å²) in [5.41, 5.74) is 1.72. The van der Waals surface area contributed by atoms with Crippen molar-refractivity contribution in [3.63, 3.8) is 0 Å². The summed E-state index contributed by atoms with van der Waals surface area (Å²) in [6.07, 6.45) is -0.550. The molecule has 23 heavy (non-hydrogen) atoms. The molecule has 6 heteroatoms. The van der Waals surface area contributed by atoms with E-state index in [-0.39, 0.29) is 13.2 Å². The zero-order valence-corrected chi connectivity index (χ0v) is 12.3. The van der Waals surface area contributed by atoms with E-state index in [2.05, 4.69) is 10.3 Å². The highest BCUT2D eigenvalue weighted by Gasteiger charge is 2.02. The molecule has 0 heterocycles. The fraction of sp³-hybridized carbons (Fsp3) is 0.118. The average Bonchev–Trinajstić information content (AvgIpc) is 2.60. The van der Waals surface area contributed by atoms with Crippen molar-refractivity contribution in [3.8, 4) is 0 Å². The van der Waals surface area contributed by atoms with Crippen LogP contribution in [0.15, 0.2) is 65.7 Å². The van der Waals surface area contributed by atoms with Gasteiger partial charge in [-0.1, -0.05) is 60.7 Å². The van der Waals surface area contributed by atoms with E-state index in [1.54, 1.807) is 0 Å². The minimum atomic E-state index is -0.794. The van der Waals surface area contributed by atoms with E-state index in [9.17, 15) is 9.59 Å². The van der Waals surface area contributed by atoms with Crippen molar-refractivity contribution < 1.29 is 19.1 Å². The Labute approximate surface area is 133 Å². The van der Waals surface area contributed by atoms with Crippen LogP contribution in [0.5, 0.6) is 0 Å². The van der Waals surface area contributed by atoms with E-state index in [0.29, 0.717) is 0 Å². The smallest absolute Gasteiger partial charge is 0.435 e. The predicted octanol–water partition coefficient (Wildman–Crippen LogP) is 3.28. The molecule has 0 bridgehead atoms. The SMILES string of the molecule is O=C(N=CNC(=O)OCc1ccccc1)OCc1ccccc1. The van der Waals surface area contributed by atoms with E-state index < -0.39 is 12.2 Å². The molecule has 0 aliphatic carbocycles. The molecule has 0 atom stereocenters. The van der Waals surface area contributed by atoms with Gasteiger partial charge in [0.05, 0.1) is 0 Å². The van der Waals surface area contributed by atoms with Crippen LogP contribution in [0, 0.1) is 0 Å². The first-order valence-electron chi connectivity index (χ1n) is 6.94. The van der Waals surface area contributed by atoms with Gasteiger partial charge in [0.1, 0.15) is 19.6 Å². The number of hydrogen-bond acceptors (Lipinski definition) is 4. The predicted molar refractivity (Wildman–Crippen MR) is 84.9 cm³/mol. The monoisotopic (exact) mass is 312 g/mol. The lowest BCUT2D eigenvalue weighted by Crippen LogP contribution is -2.23. The van der Waals surface area contributed by atoms with Gasteiger partial charge in [0.15, 0.2) is 0 Å². The van der Waals surface area contributed by atoms with Gasteiger partial charge in [0.25, 0.3) is 0 Å². The van der Waals surface area contributed by atoms with Crippen molar-refractivity contribution in [3.05, 3.63) is 71.8 Å². The molecule has 2 aromatic rings. The maximum atomic E-state index is 11.4. The molecule has 1 N–H and O–H groups in total. The minimum Gasteiger partial charge on any atom is -0.444 e. The lowest BCUT2D eigenvalue weighted by molar-refractivity contribution is 0.145. The van der Waals surface area contributed by atoms with Crippen molar-refractivity contribution in [1.29, 1.82) is 0 Å². The Morgan fingerprint density at radius 1 is 0.870 bits per heavy atom. The Hall–Kier alpha value is -3.15. The molecule has 0 saturated heterocycles. The summed E-state index contributed by atoms with van der Waals surface area (Å²) < 4.78 is 9.86. The van der Waals surface area contributed by atoms with Crippen LogP contribution in [0.2, 0.25) is 0 Å². The summed E-state index contributed by atoms with van der Waals surface area (Å²) in [7, 11) is 0. The normalized spacial score (nSPS) is 10.3. The largest absolute Gasteiger partial charge is 0.444 e. The van der Waals surface area contributed by atoms with Crippen molar-refractivity contribution >= 4 is 18.5 Å². The number of nitrogens with one attached hydrogen (secondary N) is 1. The number of alkyl carbamates (subject to hydrolysis) is 1. The molecule has 0 spiro atoms. The number of carbonyl (C=O) groups excluding carboxylic acids is 2. The van der Waals surface area contributed by atoms with Crippen LogP contribution >= 0.6 is 0 Å². The zero-order chi connectivity index (χ0) is 16.3. The van der Waals surface area contributed by atoms with Crippen LogP contribution in [0.3, 0.4) is 0 Å². The number of aliphatic imine (C=N–C) groups is 1. The molecule has 0 aromatic heterocycles. The lowest BCUT2D eigenvalue weighted by atomic mass is 10.2. The summed E-state index contributed by atoms with van der Waals surface area (Å²) in [4.78, 5) is 26.2. The van der Waals surface area contributed by atoms with Gasteiger partial charge in [-0.25, -0.2) is 9.59 Å². The molecular formula is C17H16N2O4. The van der Waals surface area contributed by atoms with Crippen LogP contribution < -0.4 is 5.32 Å². The average molecular weight is 312 g/mol. The standard InChI is InChI=1S/C17H16N2O4/c20-16(22-11-14-7-3-1-4-8-14)18-13-19-17(21)23-12-15-9-5-2-6-10-15/h1-10,13H,11-12H2,(H,18,19,20,21). The number of nitrogens with zero attached hydrogens (tertiary/aromatic N) is 1. The van der Waals surface area contributed by atoms with Crippen molar-refractivity contribution in [1.82, 2.24) is 5.32 Å². The Bertz CT molecular complexity index is 657. The molecule has 6 nitrogen and oxygen atoms in total. The van der Waals surface area contributed by atoms with E-state index in [1.807, 2.05) is 60.7 Å². The fourth-order valence-corrected chi connectivity index (χ4v) is 1.66. The van der Waals surface area contributed by atoms with E-state index >= 15 is 0 Å². The second-order valence-electron chi connectivity index (χ2n) is 4.50. The number of hydrogen-bond donors (Lipinski definition) is 1. The maximum Gasteiger partial charge on any atom is 0.435 e. The molecule has 0 saturated carbocycles. The van der Waals surface area contributed by atoms with Gasteiger partial charge in [0.2, 0.25) is 0 Å². The number of carbonyl (C=O) groups is 2. The fourth-order valence-electron chi connectivity index (χ4n) is 1.66. The topological polar surface area (TPSA) is 77.0 Å². The second kappa shape index (κ2) is 8.99. The van der Waals surface area contributed by atoms with Gasteiger partial charge >= 0.3 is 12.2 Å². The van der Waals surface area contributed by atoms with E-state index in [4.69, 9.17) is 9.47 Å². The van der Waals surface area contributed by atoms with Gasteiger partial charge in [-0.15, -0.1) is 0 Å². The molecule has 0 aliphatic rings. The molecule has 2 aromatic carbocycles. The lowest BCUT2D eigenvalue weighted by Gasteiger charge is -2.03. The third-order valence-corrected chi connectivity index (χ3v) is 2.77. The first-order valence-corrected chi connectivity index (χ1v) is 6.94. The van der Waals surface area contributed by atoms with Gasteiger partial charge in [-0.2, -0.15) is 4.99 Å². The summed E-state index contributed by atoms with van der Waals surface area (Å²) in [5, 5.41) is 2.23. The number of rotatable bonds is 5. The summed E-state index contributed by atoms with van der Waals surface area (Å²) in [6, 6.07) is 18.5. The van der Waals surface area contributed by atoms with Crippen molar-refractivity contribution in [2.45, 2.75) is 13.2 Å². The van der Waals surface area contributed by atoms with Gasteiger partial charge in [-0.05, 0) is 11.1 Å². The molecule has 2 amide bonds. The molecule has 118 valence electrons. The molecule has 2 rings (SSSR count). The van der Waals surface area contributed by atoms with Gasteiger partial charge in [0, 0.05) is 0 Å². The Morgan fingerprint density at radius 3 is 1.96 bits per heavy atom. The van der Waals surface area contributed by atoms with E-state index in [1.165, 1.54) is 0 Å². The minimum absolute atomic E-state index is 0.121. The Morgan fingerprint density at radius 2 is 1.39 bits per heavy atom. The van der Waals surface area contributed by atoms with Crippen LogP contribution in [-0.2, 0) is 22.7 Å². The molecular weight excluding hydrogens is 296 g/mol. The van der Waals surface area contributed by atoms with E-state index in [0.717, 1.165) is 17.5 Å². The summed E-state index contributed by atoms with van der Waals surface area (Å²) in [5.74, 6) is 0. The van der Waals surface area contributed by atoms with Crippen LogP contribution in [0.1, 0.15) is 11.1 Å². The second-order valence-corrected chi connectivity index (χ2v) is 4.50. The highest BCUT2D eigenvalue weighted by Crippen LogP contribution is 2.01. The van der Waals surface area contributed by atoms with Crippen molar-refractivity contribution in [2.75, 3.05) is 0 Å². The number of benzene rings is 2. The third kappa shape index (κ3) is 6.43. The molecule has 0 aliphatic heterocycles. The maximum absolute atomic E-state index is 11.4. The van der Waals surface area contributed by atoms with Crippen molar-refractivity contribution in [2.24, 2.45) is 4.99 Å². The Balaban J connectivity index is 1.65. The Kier molecular flexibility index (Phi) is 6.34.